The van der Waals surface area contributed by atoms with E-state index in [0.29, 0.717) is 5.76 Å². The Bertz CT molecular complexity index is 515. The van der Waals surface area contributed by atoms with Gasteiger partial charge in [-0.05, 0) is 19.1 Å². The lowest BCUT2D eigenvalue weighted by atomic mass is 9.94. The van der Waals surface area contributed by atoms with Crippen molar-refractivity contribution in [3.8, 4) is 6.07 Å². The van der Waals surface area contributed by atoms with Crippen LogP contribution in [0.1, 0.15) is 25.6 Å². The summed E-state index contributed by atoms with van der Waals surface area (Å²) < 4.78 is 15.4. The van der Waals surface area contributed by atoms with Crippen molar-refractivity contribution in [1.82, 2.24) is 0 Å². The van der Waals surface area contributed by atoms with Gasteiger partial charge in [0.05, 0.1) is 12.9 Å². The molecule has 1 aromatic heterocycles. The zero-order valence-corrected chi connectivity index (χ0v) is 10.0. The molecule has 1 aromatic rings. The predicted octanol–water partition coefficient (Wildman–Crippen LogP) is 1.59. The predicted molar refractivity (Wildman–Crippen MR) is 60.6 cm³/mol. The van der Waals surface area contributed by atoms with E-state index in [1.807, 2.05) is 6.07 Å². The van der Waals surface area contributed by atoms with Crippen molar-refractivity contribution in [3.63, 3.8) is 0 Å². The van der Waals surface area contributed by atoms with Gasteiger partial charge in [0, 0.05) is 6.92 Å². The highest BCUT2D eigenvalue weighted by Crippen LogP contribution is 2.39. The minimum Gasteiger partial charge on any atom is -0.467 e. The van der Waals surface area contributed by atoms with E-state index in [4.69, 9.17) is 13.9 Å². The Kier molecular flexibility index (Phi) is 3.06. The SMILES string of the molecule is CCOC(=O)C1(C#N)OC(C)=NC1c1ccco1. The van der Waals surface area contributed by atoms with Gasteiger partial charge in [-0.1, -0.05) is 0 Å². The minimum atomic E-state index is -1.79. The number of nitriles is 1. The van der Waals surface area contributed by atoms with E-state index in [9.17, 15) is 10.1 Å². The first kappa shape index (κ1) is 12.2. The number of hydrogen-bond acceptors (Lipinski definition) is 6. The first-order chi connectivity index (χ1) is 8.64. The fourth-order valence-electron chi connectivity index (χ4n) is 1.82. The maximum atomic E-state index is 12.0. The van der Waals surface area contributed by atoms with Gasteiger partial charge >= 0.3 is 11.6 Å². The third-order valence-electron chi connectivity index (χ3n) is 2.56. The molecule has 2 rings (SSSR count). The van der Waals surface area contributed by atoms with E-state index >= 15 is 0 Å². The second kappa shape index (κ2) is 4.53. The molecule has 0 amide bonds. The number of nitrogens with zero attached hydrogens (tertiary/aromatic N) is 2. The summed E-state index contributed by atoms with van der Waals surface area (Å²) in [6, 6.07) is 4.32. The molecule has 0 aromatic carbocycles. The third kappa shape index (κ3) is 1.74. The fraction of sp³-hybridized carbons (Fsp3) is 0.417. The molecule has 0 spiro atoms. The van der Waals surface area contributed by atoms with E-state index in [1.165, 1.54) is 6.26 Å². The molecule has 1 aliphatic rings. The summed E-state index contributed by atoms with van der Waals surface area (Å²) in [4.78, 5) is 16.1. The lowest BCUT2D eigenvalue weighted by molar-refractivity contribution is -0.158. The van der Waals surface area contributed by atoms with Crippen LogP contribution in [-0.4, -0.2) is 24.1 Å². The van der Waals surface area contributed by atoms with Gasteiger partial charge in [0.25, 0.3) is 0 Å². The maximum Gasteiger partial charge on any atom is 0.368 e. The number of furan rings is 1. The molecule has 94 valence electrons. The summed E-state index contributed by atoms with van der Waals surface area (Å²) in [5.41, 5.74) is -1.79. The van der Waals surface area contributed by atoms with Crippen molar-refractivity contribution in [2.75, 3.05) is 6.61 Å². The average molecular weight is 248 g/mol. The number of ether oxygens (including phenoxy) is 2. The Morgan fingerprint density at radius 2 is 2.50 bits per heavy atom. The van der Waals surface area contributed by atoms with Crippen molar-refractivity contribution < 1.29 is 18.7 Å². The van der Waals surface area contributed by atoms with E-state index < -0.39 is 17.6 Å². The molecule has 0 bridgehead atoms. The van der Waals surface area contributed by atoms with Gasteiger partial charge in [-0.2, -0.15) is 5.26 Å². The summed E-state index contributed by atoms with van der Waals surface area (Å²) >= 11 is 0. The van der Waals surface area contributed by atoms with Crippen LogP contribution in [0, 0.1) is 11.3 Å². The monoisotopic (exact) mass is 248 g/mol. The van der Waals surface area contributed by atoms with Crippen LogP contribution < -0.4 is 0 Å². The van der Waals surface area contributed by atoms with Crippen LogP contribution in [-0.2, 0) is 14.3 Å². The highest BCUT2D eigenvalue weighted by Gasteiger charge is 2.56. The fourth-order valence-corrected chi connectivity index (χ4v) is 1.82. The summed E-state index contributed by atoms with van der Waals surface area (Å²) in [6.45, 7) is 3.40. The minimum absolute atomic E-state index is 0.162. The maximum absolute atomic E-state index is 12.0. The van der Waals surface area contributed by atoms with Gasteiger partial charge in [0.1, 0.15) is 11.8 Å². The van der Waals surface area contributed by atoms with Crippen molar-refractivity contribution in [2.45, 2.75) is 25.5 Å². The quantitative estimate of drug-likeness (QED) is 0.758. The molecule has 2 heterocycles. The standard InChI is InChI=1S/C12H12N2O4/c1-3-16-11(15)12(7-13)10(14-8(2)18-12)9-5-4-6-17-9/h4-6,10H,3H2,1-2H3. The van der Waals surface area contributed by atoms with Crippen LogP contribution in [0.15, 0.2) is 27.8 Å². The molecular weight excluding hydrogens is 236 g/mol. The Morgan fingerprint density at radius 1 is 1.72 bits per heavy atom. The first-order valence-electron chi connectivity index (χ1n) is 5.49. The number of rotatable bonds is 3. The smallest absolute Gasteiger partial charge is 0.368 e. The van der Waals surface area contributed by atoms with E-state index in [0.717, 1.165) is 0 Å². The molecule has 18 heavy (non-hydrogen) atoms. The molecule has 0 saturated carbocycles. The number of carbonyl (C=O) groups excluding carboxylic acids is 1. The van der Waals surface area contributed by atoms with Crippen LogP contribution in [0.2, 0.25) is 0 Å². The Balaban J connectivity index is 2.42. The molecule has 0 saturated heterocycles. The van der Waals surface area contributed by atoms with Crippen LogP contribution in [0.25, 0.3) is 0 Å². The normalized spacial score (nSPS) is 26.1. The van der Waals surface area contributed by atoms with Crippen LogP contribution in [0.4, 0.5) is 0 Å². The average Bonchev–Trinajstić information content (AvgIpc) is 2.96. The molecule has 1 aliphatic heterocycles. The first-order valence-corrected chi connectivity index (χ1v) is 5.49. The van der Waals surface area contributed by atoms with Gasteiger partial charge < -0.3 is 13.9 Å². The largest absolute Gasteiger partial charge is 0.467 e. The highest BCUT2D eigenvalue weighted by atomic mass is 16.6. The van der Waals surface area contributed by atoms with Crippen LogP contribution in [0.3, 0.4) is 0 Å². The number of carbonyl (C=O) groups is 1. The van der Waals surface area contributed by atoms with E-state index in [-0.39, 0.29) is 12.5 Å². The van der Waals surface area contributed by atoms with Gasteiger partial charge in [-0.3, -0.25) is 0 Å². The molecular formula is C12H12N2O4. The second-order valence-electron chi connectivity index (χ2n) is 3.74. The molecule has 2 atom stereocenters. The van der Waals surface area contributed by atoms with Crippen LogP contribution in [0.5, 0.6) is 0 Å². The lowest BCUT2D eigenvalue weighted by Gasteiger charge is -2.22. The van der Waals surface area contributed by atoms with Crippen molar-refractivity contribution in [1.29, 1.82) is 5.26 Å². The molecule has 6 nitrogen and oxygen atoms in total. The van der Waals surface area contributed by atoms with Gasteiger partial charge in [0.15, 0.2) is 11.9 Å². The van der Waals surface area contributed by atoms with Gasteiger partial charge in [-0.15, -0.1) is 0 Å². The Morgan fingerprint density at radius 3 is 3.06 bits per heavy atom. The van der Waals surface area contributed by atoms with E-state index in [2.05, 4.69) is 4.99 Å². The summed E-state index contributed by atoms with van der Waals surface area (Å²) in [7, 11) is 0. The number of esters is 1. The molecule has 0 fully saturated rings. The van der Waals surface area contributed by atoms with Crippen molar-refractivity contribution in [3.05, 3.63) is 24.2 Å². The molecule has 2 unspecified atom stereocenters. The second-order valence-corrected chi connectivity index (χ2v) is 3.74. The zero-order valence-electron chi connectivity index (χ0n) is 10.0. The van der Waals surface area contributed by atoms with Crippen LogP contribution >= 0.6 is 0 Å². The summed E-state index contributed by atoms with van der Waals surface area (Å²) in [5, 5.41) is 9.31. The van der Waals surface area contributed by atoms with E-state index in [1.54, 1.807) is 26.0 Å². The third-order valence-corrected chi connectivity index (χ3v) is 2.56. The topological polar surface area (TPSA) is 84.8 Å². The van der Waals surface area contributed by atoms with Gasteiger partial charge in [-0.25, -0.2) is 9.79 Å². The Hall–Kier alpha value is -2.29. The molecule has 0 radical (unpaired) electrons. The summed E-state index contributed by atoms with van der Waals surface area (Å²) in [5.74, 6) is -0.109. The number of hydrogen-bond donors (Lipinski definition) is 0. The number of aliphatic imine (C=N–C) groups is 1. The van der Waals surface area contributed by atoms with Crippen molar-refractivity contribution in [2.24, 2.45) is 4.99 Å². The highest BCUT2D eigenvalue weighted by molar-refractivity contribution is 5.91. The molecule has 6 heteroatoms. The summed E-state index contributed by atoms with van der Waals surface area (Å²) in [6.07, 6.45) is 1.45. The molecule has 0 N–H and O–H groups in total. The lowest BCUT2D eigenvalue weighted by Crippen LogP contribution is -2.44. The zero-order chi connectivity index (χ0) is 13.2. The Labute approximate surface area is 104 Å². The molecule has 0 aliphatic carbocycles. The van der Waals surface area contributed by atoms with Gasteiger partial charge in [0.2, 0.25) is 0 Å². The van der Waals surface area contributed by atoms with Crippen molar-refractivity contribution >= 4 is 11.9 Å².